The number of thioether (sulfide) groups is 1. The van der Waals surface area contributed by atoms with E-state index < -0.39 is 0 Å². The number of rotatable bonds is 12. The first kappa shape index (κ1) is 28.5. The Morgan fingerprint density at radius 3 is 2.69 bits per heavy atom. The zero-order valence-electron chi connectivity index (χ0n) is 20.8. The van der Waals surface area contributed by atoms with Crippen molar-refractivity contribution in [3.05, 3.63) is 42.5 Å². The van der Waals surface area contributed by atoms with Crippen molar-refractivity contribution in [3.8, 4) is 11.5 Å². The molecule has 1 aliphatic rings. The number of carbonyl (C=O) groups excluding carboxylic acids is 1. The van der Waals surface area contributed by atoms with Crippen LogP contribution in [0, 0.1) is 0 Å². The molecule has 7 nitrogen and oxygen atoms in total. The van der Waals surface area contributed by atoms with Gasteiger partial charge in [-0.25, -0.2) is 4.98 Å². The standard InChI is InChI=1S/C26H33N3O4S2.ClH/c1-3-33-22-6-4-7-23-25(22)27-26(35-23)29(14-5-13-28-15-17-32-18-16-28)24(30)12-19-34-21-10-8-20(31-2)9-11-21;/h4,6-11H,3,5,12-19H2,1-2H3;1H. The second-order valence-electron chi connectivity index (χ2n) is 8.16. The lowest BCUT2D eigenvalue weighted by molar-refractivity contribution is -0.118. The second-order valence-corrected chi connectivity index (χ2v) is 10.3. The molecule has 1 amide bonds. The van der Waals surface area contributed by atoms with Crippen LogP contribution in [-0.4, -0.2) is 74.7 Å². The van der Waals surface area contributed by atoms with Crippen molar-refractivity contribution < 1.29 is 19.0 Å². The number of methoxy groups -OCH3 is 1. The average Bonchev–Trinajstić information content (AvgIpc) is 3.33. The number of ether oxygens (including phenoxy) is 3. The third-order valence-corrected chi connectivity index (χ3v) is 7.86. The van der Waals surface area contributed by atoms with Crippen molar-refractivity contribution in [3.63, 3.8) is 0 Å². The average molecular weight is 552 g/mol. The van der Waals surface area contributed by atoms with Gasteiger partial charge in [0.25, 0.3) is 0 Å². The van der Waals surface area contributed by atoms with E-state index in [0.29, 0.717) is 25.3 Å². The van der Waals surface area contributed by atoms with E-state index in [2.05, 4.69) is 4.90 Å². The third kappa shape index (κ3) is 7.73. The molecule has 0 aliphatic carbocycles. The Morgan fingerprint density at radius 2 is 1.97 bits per heavy atom. The van der Waals surface area contributed by atoms with E-state index in [1.165, 1.54) is 0 Å². The number of nitrogens with zero attached hydrogens (tertiary/aromatic N) is 3. The van der Waals surface area contributed by atoms with Crippen LogP contribution in [0.25, 0.3) is 10.2 Å². The molecule has 1 aromatic heterocycles. The highest BCUT2D eigenvalue weighted by Gasteiger charge is 2.21. The van der Waals surface area contributed by atoms with E-state index in [1.807, 2.05) is 54.3 Å². The fourth-order valence-electron chi connectivity index (χ4n) is 3.97. The lowest BCUT2D eigenvalue weighted by atomic mass is 10.3. The number of benzene rings is 2. The second kappa shape index (κ2) is 14.6. The largest absolute Gasteiger partial charge is 0.497 e. The number of hydrogen-bond acceptors (Lipinski definition) is 8. The SMILES string of the molecule is CCOc1cccc2sc(N(CCCN3CCOCC3)C(=O)CCSc3ccc(OC)cc3)nc12.Cl. The fraction of sp³-hybridized carbons (Fsp3) is 0.462. The summed E-state index contributed by atoms with van der Waals surface area (Å²) in [7, 11) is 1.66. The van der Waals surface area contributed by atoms with Gasteiger partial charge in [0, 0.05) is 43.2 Å². The van der Waals surface area contributed by atoms with Crippen LogP contribution >= 0.6 is 35.5 Å². The molecule has 36 heavy (non-hydrogen) atoms. The minimum atomic E-state index is 0. The molecule has 0 bridgehead atoms. The van der Waals surface area contributed by atoms with Gasteiger partial charge in [-0.05, 0) is 49.7 Å². The summed E-state index contributed by atoms with van der Waals surface area (Å²) < 4.78 is 17.5. The van der Waals surface area contributed by atoms with Crippen LogP contribution in [0.15, 0.2) is 47.4 Å². The van der Waals surface area contributed by atoms with E-state index in [0.717, 1.165) is 71.0 Å². The van der Waals surface area contributed by atoms with Gasteiger partial charge in [-0.2, -0.15) is 0 Å². The predicted octanol–water partition coefficient (Wildman–Crippen LogP) is 5.36. The summed E-state index contributed by atoms with van der Waals surface area (Å²) in [5.41, 5.74) is 0.827. The first-order valence-electron chi connectivity index (χ1n) is 12.1. The third-order valence-electron chi connectivity index (χ3n) is 5.81. The van der Waals surface area contributed by atoms with E-state index in [-0.39, 0.29) is 18.3 Å². The van der Waals surface area contributed by atoms with Gasteiger partial charge in [0.2, 0.25) is 5.91 Å². The van der Waals surface area contributed by atoms with Gasteiger partial charge in [0.05, 0.1) is 31.6 Å². The van der Waals surface area contributed by atoms with Crippen LogP contribution in [0.3, 0.4) is 0 Å². The highest BCUT2D eigenvalue weighted by molar-refractivity contribution is 7.99. The van der Waals surface area contributed by atoms with Gasteiger partial charge in [0.1, 0.15) is 17.0 Å². The van der Waals surface area contributed by atoms with Crippen LogP contribution in [-0.2, 0) is 9.53 Å². The van der Waals surface area contributed by atoms with Gasteiger partial charge in [0.15, 0.2) is 5.13 Å². The zero-order chi connectivity index (χ0) is 24.5. The van der Waals surface area contributed by atoms with Crippen LogP contribution in [0.4, 0.5) is 5.13 Å². The van der Waals surface area contributed by atoms with Crippen LogP contribution in [0.5, 0.6) is 11.5 Å². The summed E-state index contributed by atoms with van der Waals surface area (Å²) in [5.74, 6) is 2.41. The lowest BCUT2D eigenvalue weighted by Gasteiger charge is -2.27. The Hall–Kier alpha value is -2.04. The maximum atomic E-state index is 13.4. The number of amides is 1. The molecule has 2 aromatic carbocycles. The van der Waals surface area contributed by atoms with Crippen LogP contribution in [0.2, 0.25) is 0 Å². The molecule has 10 heteroatoms. The molecule has 0 radical (unpaired) electrons. The number of morpholine rings is 1. The molecular formula is C26H34ClN3O4S2. The van der Waals surface area contributed by atoms with Gasteiger partial charge in [-0.15, -0.1) is 24.2 Å². The number of carbonyl (C=O) groups is 1. The van der Waals surface area contributed by atoms with E-state index in [4.69, 9.17) is 19.2 Å². The molecule has 0 spiro atoms. The first-order valence-corrected chi connectivity index (χ1v) is 13.9. The van der Waals surface area contributed by atoms with Crippen LogP contribution < -0.4 is 14.4 Å². The topological polar surface area (TPSA) is 64.1 Å². The Labute approximate surface area is 227 Å². The Bertz CT molecular complexity index is 1090. The van der Waals surface area contributed by atoms with Crippen molar-refractivity contribution >= 4 is 56.8 Å². The minimum Gasteiger partial charge on any atom is -0.497 e. The lowest BCUT2D eigenvalue weighted by Crippen LogP contribution is -2.39. The molecule has 1 fully saturated rings. The summed E-state index contributed by atoms with van der Waals surface area (Å²) in [4.78, 5) is 23.6. The van der Waals surface area contributed by atoms with Gasteiger partial charge in [-0.3, -0.25) is 14.6 Å². The number of anilines is 1. The van der Waals surface area contributed by atoms with Crippen molar-refractivity contribution in [2.75, 3.05) is 63.8 Å². The molecule has 0 N–H and O–H groups in total. The van der Waals surface area contributed by atoms with Gasteiger partial charge < -0.3 is 14.2 Å². The maximum absolute atomic E-state index is 13.4. The minimum absolute atomic E-state index is 0. The molecule has 1 saturated heterocycles. The fourth-order valence-corrected chi connectivity index (χ4v) is 5.83. The summed E-state index contributed by atoms with van der Waals surface area (Å²) in [6, 6.07) is 13.9. The van der Waals surface area contributed by atoms with Gasteiger partial charge in [-0.1, -0.05) is 17.4 Å². The molecule has 0 unspecified atom stereocenters. The molecular weight excluding hydrogens is 518 g/mol. The first-order chi connectivity index (χ1) is 17.2. The number of hydrogen-bond donors (Lipinski definition) is 0. The van der Waals surface area contributed by atoms with E-state index in [1.54, 1.807) is 30.2 Å². The summed E-state index contributed by atoms with van der Waals surface area (Å²) in [5, 5.41) is 0.744. The smallest absolute Gasteiger partial charge is 0.229 e. The van der Waals surface area contributed by atoms with Crippen LogP contribution in [0.1, 0.15) is 19.8 Å². The number of halogens is 1. The number of thiazole rings is 1. The zero-order valence-corrected chi connectivity index (χ0v) is 23.3. The molecule has 0 atom stereocenters. The summed E-state index contributed by atoms with van der Waals surface area (Å²) in [6.45, 7) is 7.60. The molecule has 4 rings (SSSR count). The van der Waals surface area contributed by atoms with Crippen molar-refractivity contribution in [2.45, 2.75) is 24.7 Å². The Kier molecular flexibility index (Phi) is 11.6. The van der Waals surface area contributed by atoms with Crippen molar-refractivity contribution in [1.29, 1.82) is 0 Å². The van der Waals surface area contributed by atoms with E-state index in [9.17, 15) is 4.79 Å². The van der Waals surface area contributed by atoms with Gasteiger partial charge >= 0.3 is 0 Å². The normalized spacial score (nSPS) is 13.8. The van der Waals surface area contributed by atoms with Crippen molar-refractivity contribution in [2.24, 2.45) is 0 Å². The molecule has 1 aliphatic heterocycles. The summed E-state index contributed by atoms with van der Waals surface area (Å²) >= 11 is 3.23. The monoisotopic (exact) mass is 551 g/mol. The predicted molar refractivity (Wildman–Crippen MR) is 151 cm³/mol. The van der Waals surface area contributed by atoms with E-state index >= 15 is 0 Å². The quantitative estimate of drug-likeness (QED) is 0.281. The highest BCUT2D eigenvalue weighted by Crippen LogP contribution is 2.35. The maximum Gasteiger partial charge on any atom is 0.229 e. The summed E-state index contributed by atoms with van der Waals surface area (Å²) in [6.07, 6.45) is 1.34. The number of fused-ring (bicyclic) bond motifs is 1. The molecule has 196 valence electrons. The van der Waals surface area contributed by atoms with Crippen molar-refractivity contribution in [1.82, 2.24) is 9.88 Å². The number of para-hydroxylation sites is 1. The Morgan fingerprint density at radius 1 is 1.19 bits per heavy atom. The Balaban J connectivity index is 0.00000361. The number of aromatic nitrogens is 1. The molecule has 2 heterocycles. The molecule has 3 aromatic rings. The highest BCUT2D eigenvalue weighted by atomic mass is 35.5. The molecule has 0 saturated carbocycles.